The van der Waals surface area contributed by atoms with Gasteiger partial charge in [-0.3, -0.25) is 4.90 Å². The van der Waals surface area contributed by atoms with E-state index in [9.17, 15) is 0 Å². The molecule has 1 fully saturated rings. The molecule has 0 spiro atoms. The molecule has 1 saturated heterocycles. The average molecular weight is 283 g/mol. The van der Waals surface area contributed by atoms with Gasteiger partial charge in [0, 0.05) is 32.7 Å². The Kier molecular flexibility index (Phi) is 3.45. The second kappa shape index (κ2) is 5.58. The fraction of sp³-hybridized carbons (Fsp3) is 0.500. The van der Waals surface area contributed by atoms with Gasteiger partial charge in [0.05, 0.1) is 17.6 Å². The number of benzene rings is 1. The molecular weight excluding hydrogens is 262 g/mol. The number of piperazine rings is 1. The minimum absolute atomic E-state index is 0.922. The molecule has 1 N–H and O–H groups in total. The Balaban J connectivity index is 1.59. The molecule has 5 heteroatoms. The molecular formula is C16H21N5. The Morgan fingerprint density at radius 2 is 1.95 bits per heavy atom. The molecule has 110 valence electrons. The van der Waals surface area contributed by atoms with Gasteiger partial charge in [-0.05, 0) is 42.5 Å². The first-order valence-electron chi connectivity index (χ1n) is 7.85. The number of hydrogen-bond donors (Lipinski definition) is 1. The molecule has 0 saturated carbocycles. The van der Waals surface area contributed by atoms with E-state index in [2.05, 4.69) is 38.7 Å². The molecule has 1 aromatic heterocycles. The minimum atomic E-state index is 0.922. The largest absolute Gasteiger partial charge is 0.314 e. The maximum atomic E-state index is 4.30. The molecule has 2 aliphatic rings. The summed E-state index contributed by atoms with van der Waals surface area (Å²) in [5.41, 5.74) is 5.31. The van der Waals surface area contributed by atoms with Gasteiger partial charge in [-0.1, -0.05) is 11.3 Å². The Labute approximate surface area is 125 Å². The molecule has 1 aliphatic heterocycles. The van der Waals surface area contributed by atoms with E-state index in [0.717, 1.165) is 38.4 Å². The van der Waals surface area contributed by atoms with E-state index in [0.29, 0.717) is 0 Å². The molecule has 1 aromatic carbocycles. The highest BCUT2D eigenvalue weighted by atomic mass is 15.4. The maximum Gasteiger partial charge on any atom is 0.0786 e. The van der Waals surface area contributed by atoms with Crippen LogP contribution in [0.25, 0.3) is 5.69 Å². The zero-order valence-electron chi connectivity index (χ0n) is 12.3. The number of fused-ring (bicyclic) bond motifs is 1. The van der Waals surface area contributed by atoms with E-state index < -0.39 is 0 Å². The van der Waals surface area contributed by atoms with Crippen molar-refractivity contribution in [1.82, 2.24) is 25.2 Å². The Morgan fingerprint density at radius 3 is 2.86 bits per heavy atom. The summed E-state index contributed by atoms with van der Waals surface area (Å²) in [4.78, 5) is 2.46. The lowest BCUT2D eigenvalue weighted by atomic mass is 10.1. The molecule has 1 aliphatic carbocycles. The topological polar surface area (TPSA) is 46.0 Å². The number of hydrogen-bond acceptors (Lipinski definition) is 4. The van der Waals surface area contributed by atoms with Crippen LogP contribution in [-0.4, -0.2) is 46.1 Å². The van der Waals surface area contributed by atoms with E-state index in [1.54, 1.807) is 0 Å². The highest BCUT2D eigenvalue weighted by Gasteiger charge is 2.16. The van der Waals surface area contributed by atoms with Gasteiger partial charge in [-0.2, -0.15) is 0 Å². The van der Waals surface area contributed by atoms with E-state index in [1.807, 2.05) is 10.9 Å². The van der Waals surface area contributed by atoms with Gasteiger partial charge < -0.3 is 5.32 Å². The molecule has 0 unspecified atom stereocenters. The summed E-state index contributed by atoms with van der Waals surface area (Å²) in [6, 6.07) is 6.73. The summed E-state index contributed by atoms with van der Waals surface area (Å²) in [5, 5.41) is 11.8. The predicted molar refractivity (Wildman–Crippen MR) is 81.5 cm³/mol. The van der Waals surface area contributed by atoms with Crippen molar-refractivity contribution >= 4 is 0 Å². The molecule has 0 bridgehead atoms. The Morgan fingerprint density at radius 1 is 1.10 bits per heavy atom. The van der Waals surface area contributed by atoms with Crippen molar-refractivity contribution in [1.29, 1.82) is 0 Å². The first-order valence-corrected chi connectivity index (χ1v) is 7.85. The summed E-state index contributed by atoms with van der Waals surface area (Å²) in [6.07, 6.45) is 5.60. The van der Waals surface area contributed by atoms with E-state index in [4.69, 9.17) is 0 Å². The number of rotatable bonds is 3. The summed E-state index contributed by atoms with van der Waals surface area (Å²) >= 11 is 0. The van der Waals surface area contributed by atoms with Crippen LogP contribution in [0.1, 0.15) is 23.2 Å². The van der Waals surface area contributed by atoms with Crippen LogP contribution < -0.4 is 5.32 Å². The van der Waals surface area contributed by atoms with Crippen LogP contribution in [0, 0.1) is 0 Å². The van der Waals surface area contributed by atoms with Crippen LogP contribution in [-0.2, 0) is 19.4 Å². The zero-order chi connectivity index (χ0) is 14.1. The SMILES string of the molecule is c1cc2c(cc1-n1nncc1CN1CCNCC1)CCC2. The van der Waals surface area contributed by atoms with Gasteiger partial charge in [0.25, 0.3) is 0 Å². The van der Waals surface area contributed by atoms with Crippen LogP contribution >= 0.6 is 0 Å². The standard InChI is InChI=1S/C16H21N5/c1-2-13-4-5-15(10-14(13)3-1)21-16(11-18-19-21)12-20-8-6-17-7-9-20/h4-5,10-11,17H,1-3,6-9,12H2. The van der Waals surface area contributed by atoms with E-state index in [1.165, 1.54) is 36.1 Å². The fourth-order valence-corrected chi connectivity index (χ4v) is 3.37. The lowest BCUT2D eigenvalue weighted by Gasteiger charge is -2.27. The maximum absolute atomic E-state index is 4.30. The molecule has 0 radical (unpaired) electrons. The third-order valence-corrected chi connectivity index (χ3v) is 4.54. The van der Waals surface area contributed by atoms with Gasteiger partial charge in [0.1, 0.15) is 0 Å². The highest BCUT2D eigenvalue weighted by molar-refractivity contribution is 5.42. The number of nitrogens with one attached hydrogen (secondary N) is 1. The lowest BCUT2D eigenvalue weighted by molar-refractivity contribution is 0.229. The van der Waals surface area contributed by atoms with Gasteiger partial charge in [0.2, 0.25) is 0 Å². The first-order chi connectivity index (χ1) is 10.4. The van der Waals surface area contributed by atoms with Gasteiger partial charge >= 0.3 is 0 Å². The van der Waals surface area contributed by atoms with E-state index in [-0.39, 0.29) is 0 Å². The van der Waals surface area contributed by atoms with Crippen LogP contribution in [0.3, 0.4) is 0 Å². The normalized spacial score (nSPS) is 18.9. The third-order valence-electron chi connectivity index (χ3n) is 4.54. The van der Waals surface area contributed by atoms with E-state index >= 15 is 0 Å². The molecule has 5 nitrogen and oxygen atoms in total. The first kappa shape index (κ1) is 13.0. The highest BCUT2D eigenvalue weighted by Crippen LogP contribution is 2.24. The smallest absolute Gasteiger partial charge is 0.0786 e. The number of aromatic nitrogens is 3. The second-order valence-corrected chi connectivity index (χ2v) is 5.97. The fourth-order valence-electron chi connectivity index (χ4n) is 3.37. The molecule has 4 rings (SSSR count). The monoisotopic (exact) mass is 283 g/mol. The number of nitrogens with zero attached hydrogens (tertiary/aromatic N) is 4. The summed E-state index contributed by atoms with van der Waals surface area (Å²) in [5.74, 6) is 0. The van der Waals surface area contributed by atoms with Crippen LogP contribution in [0.2, 0.25) is 0 Å². The summed E-state index contributed by atoms with van der Waals surface area (Å²) < 4.78 is 2.00. The lowest BCUT2D eigenvalue weighted by Crippen LogP contribution is -2.43. The van der Waals surface area contributed by atoms with Crippen molar-refractivity contribution in [3.63, 3.8) is 0 Å². The molecule has 0 atom stereocenters. The Hall–Kier alpha value is -1.72. The quantitative estimate of drug-likeness (QED) is 0.918. The number of aryl methyl sites for hydroxylation is 2. The van der Waals surface area contributed by atoms with Crippen molar-refractivity contribution in [2.24, 2.45) is 0 Å². The van der Waals surface area contributed by atoms with Gasteiger partial charge in [-0.15, -0.1) is 5.10 Å². The van der Waals surface area contributed by atoms with Crippen LogP contribution in [0.5, 0.6) is 0 Å². The van der Waals surface area contributed by atoms with Crippen molar-refractivity contribution in [3.05, 3.63) is 41.2 Å². The van der Waals surface area contributed by atoms with Crippen LogP contribution in [0.4, 0.5) is 0 Å². The molecule has 2 aromatic rings. The average Bonchev–Trinajstić information content (AvgIpc) is 3.16. The van der Waals surface area contributed by atoms with Crippen molar-refractivity contribution in [3.8, 4) is 5.69 Å². The zero-order valence-corrected chi connectivity index (χ0v) is 12.3. The molecule has 0 amide bonds. The third kappa shape index (κ3) is 2.59. The van der Waals surface area contributed by atoms with Crippen molar-refractivity contribution in [2.75, 3.05) is 26.2 Å². The Bertz CT molecular complexity index is 627. The minimum Gasteiger partial charge on any atom is -0.314 e. The van der Waals surface area contributed by atoms with Gasteiger partial charge in [-0.25, -0.2) is 4.68 Å². The van der Waals surface area contributed by atoms with Crippen molar-refractivity contribution in [2.45, 2.75) is 25.8 Å². The molecule has 21 heavy (non-hydrogen) atoms. The second-order valence-electron chi connectivity index (χ2n) is 5.97. The summed E-state index contributed by atoms with van der Waals surface area (Å²) in [6.45, 7) is 5.25. The van der Waals surface area contributed by atoms with Crippen molar-refractivity contribution < 1.29 is 0 Å². The molecule has 2 heterocycles. The van der Waals surface area contributed by atoms with Gasteiger partial charge in [0.15, 0.2) is 0 Å². The van der Waals surface area contributed by atoms with Crippen LogP contribution in [0.15, 0.2) is 24.4 Å². The predicted octanol–water partition coefficient (Wildman–Crippen LogP) is 1.16. The summed E-state index contributed by atoms with van der Waals surface area (Å²) in [7, 11) is 0.